The quantitative estimate of drug-likeness (QED) is 0.268. The first-order valence-corrected chi connectivity index (χ1v) is 7.72. The highest BCUT2D eigenvalue weighted by atomic mass is 16.6. The van der Waals surface area contributed by atoms with Crippen LogP contribution in [0, 0.1) is 10.1 Å². The fourth-order valence-corrected chi connectivity index (χ4v) is 3.23. The molecule has 0 spiro atoms. The molecule has 0 fully saturated rings. The topological polar surface area (TPSA) is 95.0 Å². The van der Waals surface area contributed by atoms with Crippen LogP contribution in [0.4, 0.5) is 11.4 Å². The molecule has 0 aliphatic heterocycles. The van der Waals surface area contributed by atoms with E-state index >= 15 is 0 Å². The summed E-state index contributed by atoms with van der Waals surface area (Å²) in [6.07, 6.45) is 3.84. The number of aryl methyl sites for hydroxylation is 1. The van der Waals surface area contributed by atoms with Gasteiger partial charge in [-0.3, -0.25) is 14.9 Å². The van der Waals surface area contributed by atoms with Crippen LogP contribution in [0.15, 0.2) is 53.6 Å². The molecule has 0 saturated heterocycles. The molecule has 7 heteroatoms. The average molecular weight is 335 g/mol. The van der Waals surface area contributed by atoms with Gasteiger partial charge < -0.3 is 10.3 Å². The van der Waals surface area contributed by atoms with Gasteiger partial charge in [0.05, 0.1) is 26.9 Å². The minimum atomic E-state index is -0.432. The van der Waals surface area contributed by atoms with Gasteiger partial charge >= 0.3 is 0 Å². The number of rotatable bonds is 3. The van der Waals surface area contributed by atoms with E-state index in [1.807, 2.05) is 34.6 Å². The number of pyridine rings is 1. The summed E-state index contributed by atoms with van der Waals surface area (Å²) in [5, 5.41) is 12.6. The first-order valence-electron chi connectivity index (χ1n) is 7.72. The number of nitrogen functional groups attached to an aromatic ring is 1. The molecule has 0 aliphatic rings. The molecule has 2 aromatic heterocycles. The van der Waals surface area contributed by atoms with Crippen LogP contribution in [0.3, 0.4) is 0 Å². The van der Waals surface area contributed by atoms with Crippen molar-refractivity contribution in [3.8, 4) is 0 Å². The van der Waals surface area contributed by atoms with Crippen molar-refractivity contribution in [3.63, 3.8) is 0 Å². The molecule has 0 aliphatic carbocycles. The van der Waals surface area contributed by atoms with Gasteiger partial charge in [-0.2, -0.15) is 4.57 Å². The number of nitrogens with zero attached hydrogens (tertiary/aromatic N) is 3. The maximum Gasteiger partial charge on any atom is 0.273 e. The molecule has 0 atom stereocenters. The SMILES string of the molecule is Cn1ccc2c[n+](Cc3ccc([N+](=O)[O-])cc3)c3c(=O)c(N)cc1c23. The summed E-state index contributed by atoms with van der Waals surface area (Å²) < 4.78 is 3.79. The van der Waals surface area contributed by atoms with Crippen LogP contribution < -0.4 is 15.7 Å². The van der Waals surface area contributed by atoms with Crippen LogP contribution >= 0.6 is 0 Å². The second-order valence-electron chi connectivity index (χ2n) is 6.10. The predicted molar refractivity (Wildman–Crippen MR) is 94.7 cm³/mol. The smallest absolute Gasteiger partial charge is 0.273 e. The molecule has 0 saturated carbocycles. The lowest BCUT2D eigenvalue weighted by molar-refractivity contribution is -0.659. The van der Waals surface area contributed by atoms with Gasteiger partial charge in [0.25, 0.3) is 16.6 Å². The van der Waals surface area contributed by atoms with Crippen molar-refractivity contribution >= 4 is 33.2 Å². The highest BCUT2D eigenvalue weighted by molar-refractivity contribution is 6.07. The Bertz CT molecular complexity index is 1180. The maximum atomic E-state index is 12.6. The number of benzene rings is 2. The molecule has 0 radical (unpaired) electrons. The molecule has 0 amide bonds. The van der Waals surface area contributed by atoms with Crippen molar-refractivity contribution in [1.82, 2.24) is 4.57 Å². The third kappa shape index (κ3) is 2.28. The lowest BCUT2D eigenvalue weighted by Gasteiger charge is -2.04. The number of aromatic nitrogens is 2. The molecule has 2 heterocycles. The number of non-ortho nitro benzene ring substituents is 1. The normalized spacial score (nSPS) is 11.4. The molecule has 25 heavy (non-hydrogen) atoms. The van der Waals surface area contributed by atoms with Crippen LogP contribution in [0.25, 0.3) is 21.8 Å². The molecule has 2 N–H and O–H groups in total. The number of hydrogen-bond acceptors (Lipinski definition) is 4. The summed E-state index contributed by atoms with van der Waals surface area (Å²) in [4.78, 5) is 23.0. The first-order chi connectivity index (χ1) is 12.0. The van der Waals surface area contributed by atoms with E-state index in [4.69, 9.17) is 5.73 Å². The van der Waals surface area contributed by atoms with Gasteiger partial charge in [-0.05, 0) is 24.3 Å². The summed E-state index contributed by atoms with van der Waals surface area (Å²) in [6.45, 7) is 0.435. The van der Waals surface area contributed by atoms with Crippen molar-refractivity contribution in [2.75, 3.05) is 5.73 Å². The van der Waals surface area contributed by atoms with Gasteiger partial charge in [-0.25, -0.2) is 0 Å². The molecule has 124 valence electrons. The summed E-state index contributed by atoms with van der Waals surface area (Å²) in [7, 11) is 1.91. The summed E-state index contributed by atoms with van der Waals surface area (Å²) >= 11 is 0. The van der Waals surface area contributed by atoms with Gasteiger partial charge in [0.1, 0.15) is 0 Å². The fraction of sp³-hybridized carbons (Fsp3) is 0.111. The third-order valence-corrected chi connectivity index (χ3v) is 4.49. The summed E-state index contributed by atoms with van der Waals surface area (Å²) in [5.41, 5.74) is 8.29. The number of nitro groups is 1. The molecule has 0 bridgehead atoms. The van der Waals surface area contributed by atoms with E-state index in [0.29, 0.717) is 12.1 Å². The van der Waals surface area contributed by atoms with Crippen LogP contribution in [0.5, 0.6) is 0 Å². The second kappa shape index (κ2) is 5.27. The van der Waals surface area contributed by atoms with Crippen LogP contribution in [-0.4, -0.2) is 9.49 Å². The lowest BCUT2D eigenvalue weighted by atomic mass is 10.1. The van der Waals surface area contributed by atoms with Crippen LogP contribution in [-0.2, 0) is 13.6 Å². The highest BCUT2D eigenvalue weighted by Gasteiger charge is 2.23. The minimum Gasteiger partial charge on any atom is -0.395 e. The molecular weight excluding hydrogens is 320 g/mol. The van der Waals surface area contributed by atoms with Crippen molar-refractivity contribution in [2.24, 2.45) is 7.05 Å². The van der Waals surface area contributed by atoms with E-state index in [1.165, 1.54) is 12.1 Å². The van der Waals surface area contributed by atoms with Crippen molar-refractivity contribution < 1.29 is 9.49 Å². The zero-order valence-corrected chi connectivity index (χ0v) is 13.5. The van der Waals surface area contributed by atoms with Gasteiger partial charge in [0.15, 0.2) is 12.7 Å². The number of hydrogen-bond donors (Lipinski definition) is 1. The van der Waals surface area contributed by atoms with E-state index < -0.39 is 4.92 Å². The standard InChI is InChI=1S/C18H14N4O3/c1-20-7-6-12-10-21(9-11-2-4-13(5-3-11)22(24)25)17-16(12)15(20)8-14(19)18(17)23/h2-8,10,19H,9H2,1H3/p+1. The van der Waals surface area contributed by atoms with Gasteiger partial charge in [-0.15, -0.1) is 0 Å². The summed E-state index contributed by atoms with van der Waals surface area (Å²) in [6, 6.07) is 9.98. The Morgan fingerprint density at radius 1 is 1.24 bits per heavy atom. The predicted octanol–water partition coefficient (Wildman–Crippen LogP) is 1.96. The highest BCUT2D eigenvalue weighted by Crippen LogP contribution is 2.24. The van der Waals surface area contributed by atoms with E-state index in [0.717, 1.165) is 21.9 Å². The van der Waals surface area contributed by atoms with Crippen molar-refractivity contribution in [2.45, 2.75) is 6.54 Å². The molecular formula is C18H15N4O3+. The van der Waals surface area contributed by atoms with E-state index in [-0.39, 0.29) is 16.8 Å². The molecule has 7 nitrogen and oxygen atoms in total. The molecule has 4 aromatic rings. The lowest BCUT2D eigenvalue weighted by Crippen LogP contribution is -2.36. The molecule has 2 aromatic carbocycles. The third-order valence-electron chi connectivity index (χ3n) is 4.49. The van der Waals surface area contributed by atoms with Crippen molar-refractivity contribution in [1.29, 1.82) is 0 Å². The monoisotopic (exact) mass is 335 g/mol. The Morgan fingerprint density at radius 2 is 1.96 bits per heavy atom. The van der Waals surface area contributed by atoms with Gasteiger partial charge in [0, 0.05) is 30.9 Å². The minimum absolute atomic E-state index is 0.0420. The van der Waals surface area contributed by atoms with Gasteiger partial charge in [-0.1, -0.05) is 0 Å². The Balaban J connectivity index is 1.91. The Morgan fingerprint density at radius 3 is 2.64 bits per heavy atom. The van der Waals surface area contributed by atoms with Crippen molar-refractivity contribution in [3.05, 3.63) is 74.7 Å². The van der Waals surface area contributed by atoms with E-state index in [2.05, 4.69) is 0 Å². The Hall–Kier alpha value is -3.48. The maximum absolute atomic E-state index is 12.6. The van der Waals surface area contributed by atoms with E-state index in [1.54, 1.807) is 18.2 Å². The zero-order chi connectivity index (χ0) is 17.7. The van der Waals surface area contributed by atoms with Crippen LogP contribution in [0.1, 0.15) is 5.56 Å². The second-order valence-corrected chi connectivity index (χ2v) is 6.10. The van der Waals surface area contributed by atoms with Gasteiger partial charge in [0.2, 0.25) is 0 Å². The average Bonchev–Trinajstić information content (AvgIpc) is 2.95. The Labute approximate surface area is 142 Å². The fourth-order valence-electron chi connectivity index (χ4n) is 3.23. The van der Waals surface area contributed by atoms with E-state index in [9.17, 15) is 14.9 Å². The number of nitro benzene ring substituents is 1. The number of nitrogens with two attached hydrogens (primary N) is 1. The van der Waals surface area contributed by atoms with Crippen LogP contribution in [0.2, 0.25) is 0 Å². The largest absolute Gasteiger partial charge is 0.395 e. The Kier molecular flexibility index (Phi) is 3.18. The summed E-state index contributed by atoms with van der Waals surface area (Å²) in [5.74, 6) is 0. The zero-order valence-electron chi connectivity index (χ0n) is 13.5. The molecule has 4 rings (SSSR count). The molecule has 0 unspecified atom stereocenters. The number of anilines is 1. The first kappa shape index (κ1) is 15.1.